The highest BCUT2D eigenvalue weighted by molar-refractivity contribution is 5.74. The van der Waals surface area contributed by atoms with Crippen LogP contribution in [0.4, 0.5) is 5.95 Å². The van der Waals surface area contributed by atoms with Gasteiger partial charge in [0.2, 0.25) is 5.95 Å². The Hall–Kier alpha value is -3.33. The van der Waals surface area contributed by atoms with E-state index in [9.17, 15) is 9.59 Å². The van der Waals surface area contributed by atoms with Crippen LogP contribution in [0.2, 0.25) is 0 Å². The first-order chi connectivity index (χ1) is 15.9. The predicted octanol–water partition coefficient (Wildman–Crippen LogP) is 1.87. The molecule has 1 fully saturated rings. The summed E-state index contributed by atoms with van der Waals surface area (Å²) in [4.78, 5) is 33.5. The molecule has 176 valence electrons. The van der Waals surface area contributed by atoms with Crippen molar-refractivity contribution in [3.8, 4) is 5.75 Å². The Labute approximate surface area is 192 Å². The maximum absolute atomic E-state index is 13.5. The molecule has 2 N–H and O–H groups in total. The van der Waals surface area contributed by atoms with E-state index in [-0.39, 0.29) is 24.8 Å². The average Bonchev–Trinajstić information content (AvgIpc) is 3.19. The van der Waals surface area contributed by atoms with Gasteiger partial charge in [0.1, 0.15) is 12.4 Å². The second-order valence-corrected chi connectivity index (χ2v) is 8.78. The molecule has 0 aliphatic carbocycles. The van der Waals surface area contributed by atoms with Gasteiger partial charge in [0, 0.05) is 32.7 Å². The molecule has 3 aromatic rings. The van der Waals surface area contributed by atoms with Crippen LogP contribution in [0.15, 0.2) is 51.6 Å². The highest BCUT2D eigenvalue weighted by atomic mass is 16.5. The van der Waals surface area contributed by atoms with E-state index in [1.165, 1.54) is 9.13 Å². The van der Waals surface area contributed by atoms with Gasteiger partial charge in [-0.2, -0.15) is 4.98 Å². The van der Waals surface area contributed by atoms with Crippen LogP contribution in [-0.2, 0) is 20.1 Å². The molecule has 0 amide bonds. The monoisotopic (exact) mass is 452 g/mol. The van der Waals surface area contributed by atoms with Crippen LogP contribution in [0.5, 0.6) is 5.75 Å². The number of aromatic nitrogens is 4. The van der Waals surface area contributed by atoms with E-state index in [4.69, 9.17) is 15.5 Å². The van der Waals surface area contributed by atoms with E-state index in [1.807, 2.05) is 48.7 Å². The highest BCUT2D eigenvalue weighted by Gasteiger charge is 2.26. The van der Waals surface area contributed by atoms with Gasteiger partial charge >= 0.3 is 5.69 Å². The van der Waals surface area contributed by atoms with Crippen LogP contribution in [0.1, 0.15) is 26.7 Å². The molecule has 9 heteroatoms. The minimum absolute atomic E-state index is 0.0612. The van der Waals surface area contributed by atoms with Crippen molar-refractivity contribution in [2.24, 2.45) is 12.8 Å². The van der Waals surface area contributed by atoms with Gasteiger partial charge in [-0.1, -0.05) is 29.8 Å². The van der Waals surface area contributed by atoms with E-state index in [2.05, 4.69) is 11.0 Å². The normalized spacial score (nSPS) is 16.2. The van der Waals surface area contributed by atoms with Gasteiger partial charge in [-0.3, -0.25) is 13.9 Å². The summed E-state index contributed by atoms with van der Waals surface area (Å²) in [5.74, 6) is 1.38. The molecule has 0 bridgehead atoms. The second-order valence-electron chi connectivity index (χ2n) is 8.78. The first-order valence-electron chi connectivity index (χ1n) is 11.4. The number of fused-ring (bicyclic) bond motifs is 1. The topological polar surface area (TPSA) is 100 Å². The van der Waals surface area contributed by atoms with Crippen LogP contribution in [0.25, 0.3) is 11.2 Å². The van der Waals surface area contributed by atoms with Crippen LogP contribution < -0.4 is 26.6 Å². The minimum atomic E-state index is -0.405. The summed E-state index contributed by atoms with van der Waals surface area (Å²) in [6, 6.07) is 9.40. The zero-order valence-corrected chi connectivity index (χ0v) is 19.5. The number of nitrogens with zero attached hydrogens (tertiary/aromatic N) is 5. The van der Waals surface area contributed by atoms with Gasteiger partial charge in [-0.05, 0) is 38.8 Å². The largest absolute Gasteiger partial charge is 0.492 e. The summed E-state index contributed by atoms with van der Waals surface area (Å²) in [5.41, 5.74) is 7.40. The third-order valence-electron chi connectivity index (χ3n) is 5.96. The lowest BCUT2D eigenvalue weighted by atomic mass is 10.1. The van der Waals surface area contributed by atoms with Crippen LogP contribution >= 0.6 is 0 Å². The third-order valence-corrected chi connectivity index (χ3v) is 5.96. The second kappa shape index (κ2) is 9.66. The van der Waals surface area contributed by atoms with E-state index in [0.29, 0.717) is 36.0 Å². The molecular weight excluding hydrogens is 420 g/mol. The van der Waals surface area contributed by atoms with Crippen molar-refractivity contribution in [3.63, 3.8) is 0 Å². The third kappa shape index (κ3) is 4.73. The first-order valence-corrected chi connectivity index (χ1v) is 11.4. The summed E-state index contributed by atoms with van der Waals surface area (Å²) >= 11 is 0. The number of piperidine rings is 1. The first kappa shape index (κ1) is 22.8. The number of para-hydroxylation sites is 1. The van der Waals surface area contributed by atoms with Crippen LogP contribution in [-0.4, -0.2) is 44.4 Å². The summed E-state index contributed by atoms with van der Waals surface area (Å²) in [7, 11) is 1.66. The van der Waals surface area contributed by atoms with Gasteiger partial charge in [0.15, 0.2) is 11.2 Å². The van der Waals surface area contributed by atoms with E-state index in [1.54, 1.807) is 7.05 Å². The van der Waals surface area contributed by atoms with Gasteiger partial charge in [0.25, 0.3) is 5.56 Å². The Morgan fingerprint density at radius 2 is 1.97 bits per heavy atom. The Balaban J connectivity index is 1.77. The van der Waals surface area contributed by atoms with Gasteiger partial charge in [-0.25, -0.2) is 4.79 Å². The van der Waals surface area contributed by atoms with Crippen molar-refractivity contribution in [3.05, 3.63) is 62.8 Å². The number of hydrogen-bond acceptors (Lipinski definition) is 6. The summed E-state index contributed by atoms with van der Waals surface area (Å²) in [5, 5.41) is 0. The SMILES string of the molecule is CC(C)=CCn1c(N2CCCC(N)C2)nc2c1c(=O)n(CCOc1ccccc1)c(=O)n2C. The summed E-state index contributed by atoms with van der Waals surface area (Å²) in [6.07, 6.45) is 3.99. The van der Waals surface area contributed by atoms with Crippen molar-refractivity contribution in [1.29, 1.82) is 0 Å². The molecule has 0 radical (unpaired) electrons. The number of benzene rings is 1. The molecule has 9 nitrogen and oxygen atoms in total. The molecule has 0 saturated carbocycles. The van der Waals surface area contributed by atoms with Crippen molar-refractivity contribution in [2.45, 2.75) is 45.8 Å². The highest BCUT2D eigenvalue weighted by Crippen LogP contribution is 2.23. The Kier molecular flexibility index (Phi) is 6.69. The number of nitrogens with two attached hydrogens (primary N) is 1. The number of imidazole rings is 1. The van der Waals surface area contributed by atoms with Crippen LogP contribution in [0.3, 0.4) is 0 Å². The quantitative estimate of drug-likeness (QED) is 0.550. The maximum Gasteiger partial charge on any atom is 0.332 e. The molecule has 33 heavy (non-hydrogen) atoms. The molecule has 1 aliphatic heterocycles. The number of aryl methyl sites for hydroxylation is 1. The van der Waals surface area contributed by atoms with Crippen molar-refractivity contribution in [1.82, 2.24) is 18.7 Å². The summed E-state index contributed by atoms with van der Waals surface area (Å²) < 4.78 is 10.3. The number of anilines is 1. The minimum Gasteiger partial charge on any atom is -0.492 e. The molecule has 4 rings (SSSR count). The van der Waals surface area contributed by atoms with Gasteiger partial charge < -0.3 is 19.9 Å². The average molecular weight is 453 g/mol. The molecule has 1 aliphatic rings. The molecule has 1 saturated heterocycles. The van der Waals surface area contributed by atoms with E-state index < -0.39 is 5.69 Å². The Morgan fingerprint density at radius 3 is 2.67 bits per heavy atom. The van der Waals surface area contributed by atoms with E-state index >= 15 is 0 Å². The van der Waals surface area contributed by atoms with Crippen molar-refractivity contribution in [2.75, 3.05) is 24.6 Å². The standard InChI is InChI=1S/C24H32N6O3/c1-17(2)11-13-29-20-21(26-23(29)28-12-7-8-18(25)16-28)27(3)24(32)30(22(20)31)14-15-33-19-9-5-4-6-10-19/h4-6,9-11,18H,7-8,12-16,25H2,1-3H3. The zero-order valence-electron chi connectivity index (χ0n) is 19.5. The van der Waals surface area contributed by atoms with Crippen molar-refractivity contribution >= 4 is 17.1 Å². The number of allylic oxidation sites excluding steroid dienone is 2. The maximum atomic E-state index is 13.5. The van der Waals surface area contributed by atoms with Crippen LogP contribution in [0, 0.1) is 0 Å². The van der Waals surface area contributed by atoms with Gasteiger partial charge in [0.05, 0.1) is 6.54 Å². The molecular formula is C24H32N6O3. The molecule has 0 spiro atoms. The van der Waals surface area contributed by atoms with E-state index in [0.717, 1.165) is 25.0 Å². The lowest BCUT2D eigenvalue weighted by molar-refractivity contribution is 0.292. The predicted molar refractivity (Wildman–Crippen MR) is 130 cm³/mol. The molecule has 2 aromatic heterocycles. The molecule has 1 aromatic carbocycles. The summed E-state index contributed by atoms with van der Waals surface area (Å²) in [6.45, 7) is 6.38. The lowest BCUT2D eigenvalue weighted by Gasteiger charge is -2.31. The fourth-order valence-corrected chi connectivity index (χ4v) is 4.21. The smallest absolute Gasteiger partial charge is 0.332 e. The number of hydrogen-bond donors (Lipinski definition) is 1. The fraction of sp³-hybridized carbons (Fsp3) is 0.458. The molecule has 1 atom stereocenters. The Morgan fingerprint density at radius 1 is 1.21 bits per heavy atom. The zero-order chi connectivity index (χ0) is 23.5. The Bertz CT molecular complexity index is 1270. The van der Waals surface area contributed by atoms with Crippen molar-refractivity contribution < 1.29 is 4.74 Å². The van der Waals surface area contributed by atoms with Gasteiger partial charge in [-0.15, -0.1) is 0 Å². The number of ether oxygens (including phenoxy) is 1. The lowest BCUT2D eigenvalue weighted by Crippen LogP contribution is -2.44. The fourth-order valence-electron chi connectivity index (χ4n) is 4.21. The molecule has 3 heterocycles. The number of rotatable bonds is 7. The molecule has 1 unspecified atom stereocenters.